The molecule has 0 fully saturated rings. The number of rotatable bonds is 1. The van der Waals surface area contributed by atoms with E-state index in [1.54, 1.807) is 0 Å². The molecule has 2 rings (SSSR count). The first-order chi connectivity index (χ1) is 7.09. The largest absolute Gasteiger partial charge is 0.383 e. The molecule has 0 amide bonds. The van der Waals surface area contributed by atoms with Gasteiger partial charge in [0.15, 0.2) is 0 Å². The number of nitrogens with one attached hydrogen (secondary N) is 1. The smallest absolute Gasteiger partial charge is 0.305 e. The standard InChI is InChI=1S/C8H7FN4O2/c9-5-2-6-4(1-7(5)13(14)15)8(10)12-3-11-6/h1-2,11H,3H2,(H2,10,12). The van der Waals surface area contributed by atoms with Crippen LogP contribution in [0.25, 0.3) is 0 Å². The number of hydrogen-bond donors (Lipinski definition) is 2. The van der Waals surface area contributed by atoms with Gasteiger partial charge in [0.1, 0.15) is 12.5 Å². The van der Waals surface area contributed by atoms with Crippen molar-refractivity contribution >= 4 is 17.2 Å². The number of nitrogens with zero attached hydrogens (tertiary/aromatic N) is 2. The maximum atomic E-state index is 13.2. The Morgan fingerprint density at radius 2 is 2.33 bits per heavy atom. The summed E-state index contributed by atoms with van der Waals surface area (Å²) in [5.41, 5.74) is 5.71. The number of anilines is 1. The fourth-order valence-electron chi connectivity index (χ4n) is 1.35. The van der Waals surface area contributed by atoms with Crippen molar-refractivity contribution in [2.75, 3.05) is 12.0 Å². The van der Waals surface area contributed by atoms with E-state index in [0.717, 1.165) is 12.1 Å². The monoisotopic (exact) mass is 210 g/mol. The van der Waals surface area contributed by atoms with Crippen LogP contribution in [0.2, 0.25) is 0 Å². The summed E-state index contributed by atoms with van der Waals surface area (Å²) >= 11 is 0. The third-order valence-corrected chi connectivity index (χ3v) is 2.08. The quantitative estimate of drug-likeness (QED) is 0.530. The van der Waals surface area contributed by atoms with E-state index in [0.29, 0.717) is 11.3 Å². The molecule has 1 aromatic carbocycles. The number of nitro groups is 1. The van der Waals surface area contributed by atoms with Gasteiger partial charge in [-0.25, -0.2) is 4.99 Å². The molecule has 0 saturated heterocycles. The molecular weight excluding hydrogens is 203 g/mol. The Hall–Kier alpha value is -2.18. The summed E-state index contributed by atoms with van der Waals surface area (Å²) in [6.07, 6.45) is 0. The molecule has 1 aliphatic rings. The molecule has 0 atom stereocenters. The summed E-state index contributed by atoms with van der Waals surface area (Å²) in [4.78, 5) is 13.5. The molecule has 0 unspecified atom stereocenters. The van der Waals surface area contributed by atoms with Gasteiger partial charge in [0.2, 0.25) is 5.82 Å². The minimum Gasteiger partial charge on any atom is -0.383 e. The van der Waals surface area contributed by atoms with Crippen LogP contribution in [0, 0.1) is 15.9 Å². The van der Waals surface area contributed by atoms with E-state index in [1.165, 1.54) is 0 Å². The Morgan fingerprint density at radius 1 is 1.60 bits per heavy atom. The lowest BCUT2D eigenvalue weighted by Crippen LogP contribution is -2.22. The average Bonchev–Trinajstić information content (AvgIpc) is 2.16. The van der Waals surface area contributed by atoms with E-state index < -0.39 is 16.4 Å². The predicted octanol–water partition coefficient (Wildman–Crippen LogP) is 0.822. The van der Waals surface area contributed by atoms with Crippen LogP contribution in [0.4, 0.5) is 15.8 Å². The molecule has 0 bridgehead atoms. The third kappa shape index (κ3) is 1.47. The summed E-state index contributed by atoms with van der Waals surface area (Å²) in [6.45, 7) is 0.246. The van der Waals surface area contributed by atoms with Gasteiger partial charge < -0.3 is 11.1 Å². The van der Waals surface area contributed by atoms with Crippen LogP contribution in [0.5, 0.6) is 0 Å². The van der Waals surface area contributed by atoms with Crippen LogP contribution in [0.3, 0.4) is 0 Å². The lowest BCUT2D eigenvalue weighted by atomic mass is 10.1. The van der Waals surface area contributed by atoms with E-state index in [-0.39, 0.29) is 12.5 Å². The highest BCUT2D eigenvalue weighted by molar-refractivity contribution is 6.04. The Balaban J connectivity index is 2.62. The van der Waals surface area contributed by atoms with Gasteiger partial charge in [0.25, 0.3) is 0 Å². The van der Waals surface area contributed by atoms with Gasteiger partial charge in [-0.1, -0.05) is 0 Å². The number of halogens is 1. The molecule has 0 aliphatic carbocycles. The van der Waals surface area contributed by atoms with Gasteiger partial charge in [-0.2, -0.15) is 4.39 Å². The second-order valence-electron chi connectivity index (χ2n) is 2.98. The Kier molecular flexibility index (Phi) is 2.00. The van der Waals surface area contributed by atoms with E-state index in [9.17, 15) is 14.5 Å². The molecule has 78 valence electrons. The Bertz CT molecular complexity index is 472. The molecular formula is C8H7FN4O2. The first-order valence-electron chi connectivity index (χ1n) is 4.11. The zero-order chi connectivity index (χ0) is 11.0. The fourth-order valence-corrected chi connectivity index (χ4v) is 1.35. The van der Waals surface area contributed by atoms with Crippen molar-refractivity contribution in [1.82, 2.24) is 0 Å². The van der Waals surface area contributed by atoms with Gasteiger partial charge in [0.05, 0.1) is 4.92 Å². The molecule has 0 spiro atoms. The Morgan fingerprint density at radius 3 is 3.00 bits per heavy atom. The second-order valence-corrected chi connectivity index (χ2v) is 2.98. The topological polar surface area (TPSA) is 93.5 Å². The van der Waals surface area contributed by atoms with E-state index in [1.807, 2.05) is 0 Å². The molecule has 0 aromatic heterocycles. The van der Waals surface area contributed by atoms with Gasteiger partial charge in [-0.3, -0.25) is 10.1 Å². The van der Waals surface area contributed by atoms with Crippen molar-refractivity contribution in [2.45, 2.75) is 0 Å². The normalized spacial score (nSPS) is 13.8. The van der Waals surface area contributed by atoms with Crippen molar-refractivity contribution in [3.05, 3.63) is 33.6 Å². The van der Waals surface area contributed by atoms with Gasteiger partial charge in [-0.05, 0) is 0 Å². The van der Waals surface area contributed by atoms with E-state index >= 15 is 0 Å². The highest BCUT2D eigenvalue weighted by Crippen LogP contribution is 2.27. The summed E-state index contributed by atoms with van der Waals surface area (Å²) in [5, 5.41) is 13.2. The minimum atomic E-state index is -0.888. The van der Waals surface area contributed by atoms with Crippen LogP contribution in [0.1, 0.15) is 5.56 Å². The number of benzene rings is 1. The van der Waals surface area contributed by atoms with Crippen molar-refractivity contribution in [3.63, 3.8) is 0 Å². The molecule has 7 heteroatoms. The summed E-state index contributed by atoms with van der Waals surface area (Å²) in [5.74, 6) is -0.715. The van der Waals surface area contributed by atoms with Crippen LogP contribution in [-0.4, -0.2) is 17.4 Å². The van der Waals surface area contributed by atoms with Gasteiger partial charge in [0, 0.05) is 23.4 Å². The maximum Gasteiger partial charge on any atom is 0.305 e. The van der Waals surface area contributed by atoms with E-state index in [4.69, 9.17) is 5.73 Å². The third-order valence-electron chi connectivity index (χ3n) is 2.08. The number of aliphatic imine (C=N–C) groups is 1. The predicted molar refractivity (Wildman–Crippen MR) is 52.3 cm³/mol. The van der Waals surface area contributed by atoms with Crippen molar-refractivity contribution in [3.8, 4) is 0 Å². The number of nitrogens with two attached hydrogens (primary N) is 1. The van der Waals surface area contributed by atoms with Crippen molar-refractivity contribution in [2.24, 2.45) is 10.7 Å². The lowest BCUT2D eigenvalue weighted by Gasteiger charge is -2.15. The first-order valence-corrected chi connectivity index (χ1v) is 4.11. The average molecular weight is 210 g/mol. The van der Waals surface area contributed by atoms with Crippen LogP contribution < -0.4 is 11.1 Å². The zero-order valence-corrected chi connectivity index (χ0v) is 7.53. The summed E-state index contributed by atoms with van der Waals surface area (Å²) < 4.78 is 13.2. The van der Waals surface area contributed by atoms with Crippen molar-refractivity contribution < 1.29 is 9.31 Å². The van der Waals surface area contributed by atoms with Crippen LogP contribution in [-0.2, 0) is 0 Å². The fraction of sp³-hybridized carbons (Fsp3) is 0.125. The summed E-state index contributed by atoms with van der Waals surface area (Å²) in [6, 6.07) is 2.13. The molecule has 0 radical (unpaired) electrons. The summed E-state index contributed by atoms with van der Waals surface area (Å²) in [7, 11) is 0. The maximum absolute atomic E-state index is 13.2. The number of fused-ring (bicyclic) bond motifs is 1. The number of nitro benzene ring substituents is 1. The number of amidine groups is 1. The lowest BCUT2D eigenvalue weighted by molar-refractivity contribution is -0.387. The van der Waals surface area contributed by atoms with E-state index in [2.05, 4.69) is 10.3 Å². The molecule has 1 aliphatic heterocycles. The minimum absolute atomic E-state index is 0.173. The zero-order valence-electron chi connectivity index (χ0n) is 7.53. The SMILES string of the molecule is NC1=NCNc2cc(F)c([N+](=O)[O-])cc21. The first kappa shape index (κ1) is 9.38. The molecule has 0 saturated carbocycles. The molecule has 15 heavy (non-hydrogen) atoms. The van der Waals surface area contributed by atoms with Crippen molar-refractivity contribution in [1.29, 1.82) is 0 Å². The highest BCUT2D eigenvalue weighted by Gasteiger charge is 2.21. The molecule has 1 aromatic rings. The number of hydrogen-bond acceptors (Lipinski definition) is 5. The second kappa shape index (κ2) is 3.19. The van der Waals surface area contributed by atoms with Crippen LogP contribution in [0.15, 0.2) is 17.1 Å². The molecule has 1 heterocycles. The molecule has 6 nitrogen and oxygen atoms in total. The Labute approximate surface area is 83.8 Å². The highest BCUT2D eigenvalue weighted by atomic mass is 19.1. The van der Waals surface area contributed by atoms with Gasteiger partial charge >= 0.3 is 5.69 Å². The molecule has 3 N–H and O–H groups in total. The van der Waals surface area contributed by atoms with Crippen LogP contribution >= 0.6 is 0 Å². The van der Waals surface area contributed by atoms with Gasteiger partial charge in [-0.15, -0.1) is 0 Å².